The van der Waals surface area contributed by atoms with E-state index in [1.807, 2.05) is 27.7 Å². The van der Waals surface area contributed by atoms with Crippen molar-refractivity contribution in [3.8, 4) is 0 Å². The van der Waals surface area contributed by atoms with Crippen LogP contribution in [0.3, 0.4) is 0 Å². The highest BCUT2D eigenvalue weighted by Gasteiger charge is 2.21. The van der Waals surface area contributed by atoms with Gasteiger partial charge < -0.3 is 14.8 Å². The number of hydrogen-bond donors (Lipinski definition) is 2. The minimum absolute atomic E-state index is 0.0636. The molecule has 10 nitrogen and oxygen atoms in total. The molecule has 0 bridgehead atoms. The molecule has 2 N–H and O–H groups in total. The van der Waals surface area contributed by atoms with Crippen molar-refractivity contribution in [3.63, 3.8) is 0 Å². The lowest BCUT2D eigenvalue weighted by atomic mass is 10.1. The van der Waals surface area contributed by atoms with Crippen molar-refractivity contribution in [2.75, 3.05) is 26.9 Å². The summed E-state index contributed by atoms with van der Waals surface area (Å²) in [6.45, 7) is 7.85. The second kappa shape index (κ2) is 9.97. The number of nitrogens with one attached hydrogen (secondary N) is 2. The number of rotatable bonds is 8. The summed E-state index contributed by atoms with van der Waals surface area (Å²) in [5.41, 5.74) is 1.58. The number of ether oxygens (including phenoxy) is 2. The van der Waals surface area contributed by atoms with Crippen molar-refractivity contribution in [1.29, 1.82) is 0 Å². The number of hydrogen-bond acceptors (Lipinski definition) is 7. The number of nitrogens with zero attached hydrogens (tertiary/aromatic N) is 3. The van der Waals surface area contributed by atoms with Crippen LogP contribution < -0.4 is 10.6 Å². The molecule has 2 aromatic rings. The van der Waals surface area contributed by atoms with Crippen molar-refractivity contribution in [2.45, 2.75) is 39.7 Å². The first kappa shape index (κ1) is 22.3. The minimum atomic E-state index is -0.736. The van der Waals surface area contributed by atoms with Gasteiger partial charge in [0.15, 0.2) is 12.3 Å². The van der Waals surface area contributed by atoms with E-state index in [9.17, 15) is 14.4 Å². The van der Waals surface area contributed by atoms with Gasteiger partial charge >= 0.3 is 12.0 Å². The predicted molar refractivity (Wildman–Crippen MR) is 106 cm³/mol. The summed E-state index contributed by atoms with van der Waals surface area (Å²) in [5, 5.41) is 9.38. The van der Waals surface area contributed by atoms with E-state index in [1.165, 1.54) is 7.11 Å². The molecule has 0 unspecified atom stereocenters. The van der Waals surface area contributed by atoms with Crippen LogP contribution in [-0.2, 0) is 14.3 Å². The first-order valence-corrected chi connectivity index (χ1v) is 9.36. The summed E-state index contributed by atoms with van der Waals surface area (Å²) in [6.07, 6.45) is 1.56. The lowest BCUT2D eigenvalue weighted by Gasteiger charge is -2.12. The average molecular weight is 405 g/mol. The van der Waals surface area contributed by atoms with Crippen molar-refractivity contribution in [3.05, 3.63) is 23.5 Å². The molecule has 158 valence electrons. The Hall–Kier alpha value is -3.01. The Kier molecular flexibility index (Phi) is 7.66. The topological polar surface area (TPSA) is 124 Å². The van der Waals surface area contributed by atoms with Crippen molar-refractivity contribution in [1.82, 2.24) is 25.4 Å². The van der Waals surface area contributed by atoms with Gasteiger partial charge in [0, 0.05) is 25.4 Å². The first-order chi connectivity index (χ1) is 13.7. The zero-order valence-electron chi connectivity index (χ0n) is 17.3. The van der Waals surface area contributed by atoms with E-state index < -0.39 is 24.5 Å². The number of fused-ring (bicyclic) bond motifs is 1. The maximum absolute atomic E-state index is 12.6. The fourth-order valence-corrected chi connectivity index (χ4v) is 2.56. The van der Waals surface area contributed by atoms with Crippen LogP contribution in [0.1, 0.15) is 55.7 Å². The standard InChI is InChI=1S/C19H27N5O5/c1-11(2)15-8-13(14-9-21-24(12(3)4)17(14)22-15)18(26)29-10-16(25)23-19(27)20-6-7-28-5/h8-9,11-12H,6-7,10H2,1-5H3,(H2,20,23,25,27). The number of carbonyl (C=O) groups is 3. The fraction of sp³-hybridized carbons (Fsp3) is 0.526. The molecule has 2 heterocycles. The third-order valence-corrected chi connectivity index (χ3v) is 4.07. The highest BCUT2D eigenvalue weighted by Crippen LogP contribution is 2.24. The Balaban J connectivity index is 2.12. The van der Waals surface area contributed by atoms with Crippen LogP contribution in [0.2, 0.25) is 0 Å². The summed E-state index contributed by atoms with van der Waals surface area (Å²) >= 11 is 0. The van der Waals surface area contributed by atoms with Gasteiger partial charge in [0.25, 0.3) is 5.91 Å². The highest BCUT2D eigenvalue weighted by atomic mass is 16.5. The van der Waals surface area contributed by atoms with Gasteiger partial charge in [0.2, 0.25) is 0 Å². The number of urea groups is 1. The molecule has 0 spiro atoms. The van der Waals surface area contributed by atoms with Crippen molar-refractivity contribution >= 4 is 28.9 Å². The molecule has 0 saturated heterocycles. The van der Waals surface area contributed by atoms with Gasteiger partial charge in [-0.05, 0) is 25.8 Å². The van der Waals surface area contributed by atoms with Gasteiger partial charge in [-0.15, -0.1) is 0 Å². The van der Waals surface area contributed by atoms with Crippen LogP contribution in [0.5, 0.6) is 0 Å². The molecule has 0 radical (unpaired) electrons. The zero-order chi connectivity index (χ0) is 21.6. The van der Waals surface area contributed by atoms with Gasteiger partial charge in [0.1, 0.15) is 0 Å². The van der Waals surface area contributed by atoms with E-state index in [-0.39, 0.29) is 24.1 Å². The number of amides is 3. The molecule has 3 amide bonds. The van der Waals surface area contributed by atoms with Gasteiger partial charge in [-0.1, -0.05) is 13.8 Å². The number of esters is 1. The molecule has 10 heteroatoms. The molecule has 2 aromatic heterocycles. The molecule has 0 aromatic carbocycles. The lowest BCUT2D eigenvalue weighted by molar-refractivity contribution is -0.123. The molecule has 0 aliphatic carbocycles. The SMILES string of the molecule is COCCNC(=O)NC(=O)COC(=O)c1cc(C(C)C)nc2c1cnn2C(C)C. The van der Waals surface area contributed by atoms with Crippen LogP contribution in [0.15, 0.2) is 12.3 Å². The number of imide groups is 1. The van der Waals surface area contributed by atoms with Crippen molar-refractivity contribution in [2.24, 2.45) is 0 Å². The van der Waals surface area contributed by atoms with Crippen molar-refractivity contribution < 1.29 is 23.9 Å². The first-order valence-electron chi connectivity index (χ1n) is 9.36. The molecule has 29 heavy (non-hydrogen) atoms. The van der Waals surface area contributed by atoms with E-state index in [0.29, 0.717) is 23.3 Å². The monoisotopic (exact) mass is 405 g/mol. The second-order valence-electron chi connectivity index (χ2n) is 7.04. The molecule has 0 aliphatic rings. The summed E-state index contributed by atoms with van der Waals surface area (Å²) in [4.78, 5) is 40.6. The maximum atomic E-state index is 12.6. The summed E-state index contributed by atoms with van der Waals surface area (Å²) in [7, 11) is 1.50. The molecular weight excluding hydrogens is 378 g/mol. The van der Waals surface area contributed by atoms with Gasteiger partial charge in [0.05, 0.1) is 23.8 Å². The van der Waals surface area contributed by atoms with E-state index in [2.05, 4.69) is 20.7 Å². The van der Waals surface area contributed by atoms with Crippen LogP contribution >= 0.6 is 0 Å². The summed E-state index contributed by atoms with van der Waals surface area (Å²) < 4.78 is 11.6. The van der Waals surface area contributed by atoms with Gasteiger partial charge in [-0.2, -0.15) is 5.10 Å². The number of carbonyl (C=O) groups excluding carboxylic acids is 3. The molecule has 0 fully saturated rings. The lowest BCUT2D eigenvalue weighted by Crippen LogP contribution is -2.42. The molecule has 0 atom stereocenters. The van der Waals surface area contributed by atoms with Crippen LogP contribution in [0, 0.1) is 0 Å². The molecule has 2 rings (SSSR count). The Bertz CT molecular complexity index is 890. The van der Waals surface area contributed by atoms with E-state index >= 15 is 0 Å². The molecule has 0 saturated carbocycles. The quantitative estimate of drug-likeness (QED) is 0.506. The summed E-state index contributed by atoms with van der Waals surface area (Å²) in [6, 6.07) is 1.03. The van der Waals surface area contributed by atoms with E-state index in [0.717, 1.165) is 0 Å². The van der Waals surface area contributed by atoms with Crippen LogP contribution in [0.25, 0.3) is 11.0 Å². The normalized spacial score (nSPS) is 11.1. The van der Waals surface area contributed by atoms with Crippen LogP contribution in [-0.4, -0.2) is 59.5 Å². The Labute approximate surface area is 168 Å². The maximum Gasteiger partial charge on any atom is 0.339 e. The average Bonchev–Trinajstić information content (AvgIpc) is 3.09. The third kappa shape index (κ3) is 5.74. The number of aromatic nitrogens is 3. The Morgan fingerprint density at radius 1 is 1.21 bits per heavy atom. The predicted octanol–water partition coefficient (Wildman–Crippen LogP) is 1.76. The minimum Gasteiger partial charge on any atom is -0.452 e. The number of pyridine rings is 1. The second-order valence-corrected chi connectivity index (χ2v) is 7.04. The largest absolute Gasteiger partial charge is 0.452 e. The number of methoxy groups -OCH3 is 1. The molecular formula is C19H27N5O5. The van der Waals surface area contributed by atoms with Gasteiger partial charge in [-0.25, -0.2) is 19.3 Å². The fourth-order valence-electron chi connectivity index (χ4n) is 2.56. The van der Waals surface area contributed by atoms with E-state index in [4.69, 9.17) is 9.47 Å². The van der Waals surface area contributed by atoms with Crippen LogP contribution in [0.4, 0.5) is 4.79 Å². The Morgan fingerprint density at radius 2 is 1.93 bits per heavy atom. The van der Waals surface area contributed by atoms with E-state index in [1.54, 1.807) is 16.9 Å². The Morgan fingerprint density at radius 3 is 2.55 bits per heavy atom. The molecule has 0 aliphatic heterocycles. The van der Waals surface area contributed by atoms with Gasteiger partial charge in [-0.3, -0.25) is 10.1 Å². The zero-order valence-corrected chi connectivity index (χ0v) is 17.3. The smallest absolute Gasteiger partial charge is 0.339 e. The third-order valence-electron chi connectivity index (χ3n) is 4.07. The highest BCUT2D eigenvalue weighted by molar-refractivity contribution is 6.03. The summed E-state index contributed by atoms with van der Waals surface area (Å²) in [5.74, 6) is -1.33.